The van der Waals surface area contributed by atoms with Crippen LogP contribution in [-0.2, 0) is 9.53 Å². The van der Waals surface area contributed by atoms with Crippen LogP contribution >= 0.6 is 11.8 Å². The SMILES string of the molecule is Cc1ccc(-n2c(SCC(=O)NC[C@H]3CCCO3)nnc2-c2ccncc2)cc1C. The highest BCUT2D eigenvalue weighted by atomic mass is 32.2. The van der Waals surface area contributed by atoms with Gasteiger partial charge in [-0.2, -0.15) is 0 Å². The van der Waals surface area contributed by atoms with Gasteiger partial charge >= 0.3 is 0 Å². The Balaban J connectivity index is 1.55. The van der Waals surface area contributed by atoms with E-state index in [1.54, 1.807) is 12.4 Å². The lowest BCUT2D eigenvalue weighted by Gasteiger charge is -2.13. The van der Waals surface area contributed by atoms with Gasteiger partial charge in [0, 0.05) is 31.1 Å². The van der Waals surface area contributed by atoms with Crippen LogP contribution in [0.4, 0.5) is 0 Å². The Morgan fingerprint density at radius 3 is 2.77 bits per heavy atom. The Morgan fingerprint density at radius 2 is 2.03 bits per heavy atom. The molecule has 30 heavy (non-hydrogen) atoms. The van der Waals surface area contributed by atoms with Crippen molar-refractivity contribution in [2.75, 3.05) is 18.9 Å². The molecule has 156 valence electrons. The van der Waals surface area contributed by atoms with E-state index in [1.807, 2.05) is 16.7 Å². The number of rotatable bonds is 7. The molecule has 0 unspecified atom stereocenters. The summed E-state index contributed by atoms with van der Waals surface area (Å²) in [6.45, 7) is 5.52. The third kappa shape index (κ3) is 4.71. The number of aromatic nitrogens is 4. The molecule has 3 heterocycles. The highest BCUT2D eigenvalue weighted by molar-refractivity contribution is 7.99. The molecule has 0 radical (unpaired) electrons. The fraction of sp³-hybridized carbons (Fsp3) is 0.364. The number of nitrogens with zero attached hydrogens (tertiary/aromatic N) is 4. The molecule has 0 saturated carbocycles. The minimum absolute atomic E-state index is 0.0319. The zero-order chi connectivity index (χ0) is 20.9. The van der Waals surface area contributed by atoms with E-state index in [2.05, 4.69) is 52.5 Å². The molecule has 8 heteroatoms. The molecule has 3 aromatic rings. The van der Waals surface area contributed by atoms with Crippen LogP contribution in [0.1, 0.15) is 24.0 Å². The van der Waals surface area contributed by atoms with E-state index in [0.29, 0.717) is 11.7 Å². The summed E-state index contributed by atoms with van der Waals surface area (Å²) in [4.78, 5) is 16.4. The monoisotopic (exact) mass is 423 g/mol. The van der Waals surface area contributed by atoms with Gasteiger partial charge in [0.2, 0.25) is 5.91 Å². The second-order valence-electron chi connectivity index (χ2n) is 7.37. The van der Waals surface area contributed by atoms with Crippen molar-refractivity contribution in [3.05, 3.63) is 53.9 Å². The van der Waals surface area contributed by atoms with Crippen molar-refractivity contribution in [2.45, 2.75) is 37.9 Å². The van der Waals surface area contributed by atoms with Crippen LogP contribution in [0, 0.1) is 13.8 Å². The van der Waals surface area contributed by atoms with Crippen LogP contribution in [0.3, 0.4) is 0 Å². The van der Waals surface area contributed by atoms with Gasteiger partial charge in [0.05, 0.1) is 17.5 Å². The Labute approximate surface area is 180 Å². The van der Waals surface area contributed by atoms with Crippen molar-refractivity contribution >= 4 is 17.7 Å². The molecule has 1 saturated heterocycles. The Morgan fingerprint density at radius 1 is 1.20 bits per heavy atom. The second kappa shape index (κ2) is 9.40. The van der Waals surface area contributed by atoms with Gasteiger partial charge in [-0.15, -0.1) is 10.2 Å². The van der Waals surface area contributed by atoms with Crippen molar-refractivity contribution in [1.82, 2.24) is 25.1 Å². The number of ether oxygens (including phenoxy) is 1. The van der Waals surface area contributed by atoms with Gasteiger partial charge in [0.15, 0.2) is 11.0 Å². The average Bonchev–Trinajstić information content (AvgIpc) is 3.43. The molecule has 0 bridgehead atoms. The lowest BCUT2D eigenvalue weighted by atomic mass is 10.1. The lowest BCUT2D eigenvalue weighted by Crippen LogP contribution is -2.32. The number of thioether (sulfide) groups is 1. The summed E-state index contributed by atoms with van der Waals surface area (Å²) in [5.74, 6) is 0.963. The highest BCUT2D eigenvalue weighted by Crippen LogP contribution is 2.28. The number of benzene rings is 1. The molecule has 1 N–H and O–H groups in total. The van der Waals surface area contributed by atoms with Crippen LogP contribution in [0.25, 0.3) is 17.1 Å². The largest absolute Gasteiger partial charge is 0.376 e. The molecule has 7 nitrogen and oxygen atoms in total. The number of carbonyl (C=O) groups is 1. The normalized spacial score (nSPS) is 16.0. The molecule has 1 amide bonds. The third-order valence-electron chi connectivity index (χ3n) is 5.20. The van der Waals surface area contributed by atoms with Gasteiger partial charge in [-0.1, -0.05) is 17.8 Å². The maximum Gasteiger partial charge on any atom is 0.230 e. The van der Waals surface area contributed by atoms with Gasteiger partial charge in [-0.3, -0.25) is 14.3 Å². The van der Waals surface area contributed by atoms with E-state index in [1.165, 1.54) is 22.9 Å². The third-order valence-corrected chi connectivity index (χ3v) is 6.13. The van der Waals surface area contributed by atoms with E-state index < -0.39 is 0 Å². The maximum atomic E-state index is 12.3. The number of aryl methyl sites for hydroxylation is 2. The number of hydrogen-bond donors (Lipinski definition) is 1. The molecule has 2 aromatic heterocycles. The zero-order valence-electron chi connectivity index (χ0n) is 17.2. The number of carbonyl (C=O) groups excluding carboxylic acids is 1. The number of nitrogens with one attached hydrogen (secondary N) is 1. The van der Waals surface area contributed by atoms with Gasteiger partial charge in [-0.05, 0) is 62.1 Å². The van der Waals surface area contributed by atoms with Crippen LogP contribution in [0.5, 0.6) is 0 Å². The summed E-state index contributed by atoms with van der Waals surface area (Å²) >= 11 is 1.38. The van der Waals surface area contributed by atoms with Crippen molar-refractivity contribution in [1.29, 1.82) is 0 Å². The highest BCUT2D eigenvalue weighted by Gasteiger charge is 2.19. The Hall–Kier alpha value is -2.71. The molecule has 0 spiro atoms. The molecule has 4 rings (SSSR count). The fourth-order valence-electron chi connectivity index (χ4n) is 3.36. The predicted octanol–water partition coefficient (Wildman–Crippen LogP) is 3.33. The molecule has 0 aliphatic carbocycles. The molecular formula is C22H25N5O2S. The van der Waals surface area contributed by atoms with E-state index in [0.717, 1.165) is 36.5 Å². The van der Waals surface area contributed by atoms with E-state index in [-0.39, 0.29) is 17.8 Å². The first kappa shape index (κ1) is 20.6. The lowest BCUT2D eigenvalue weighted by molar-refractivity contribution is -0.119. The van der Waals surface area contributed by atoms with Gasteiger partial charge < -0.3 is 10.1 Å². The summed E-state index contributed by atoms with van der Waals surface area (Å²) < 4.78 is 7.56. The molecule has 1 aromatic carbocycles. The number of pyridine rings is 1. The summed E-state index contributed by atoms with van der Waals surface area (Å²) in [5, 5.41) is 12.4. The summed E-state index contributed by atoms with van der Waals surface area (Å²) in [6.07, 6.45) is 5.67. The standard InChI is InChI=1S/C22H25N5O2S/c1-15-5-6-18(12-16(15)2)27-21(17-7-9-23-10-8-17)25-26-22(27)30-14-20(28)24-13-19-4-3-11-29-19/h5-10,12,19H,3-4,11,13-14H2,1-2H3,(H,24,28)/t19-/m1/s1. The predicted molar refractivity (Wildman–Crippen MR) is 117 cm³/mol. The quantitative estimate of drug-likeness (QED) is 0.587. The van der Waals surface area contributed by atoms with E-state index in [4.69, 9.17) is 4.74 Å². The summed E-state index contributed by atoms with van der Waals surface area (Å²) in [7, 11) is 0. The topological polar surface area (TPSA) is 81.9 Å². The smallest absolute Gasteiger partial charge is 0.230 e. The fourth-order valence-corrected chi connectivity index (χ4v) is 4.14. The summed E-state index contributed by atoms with van der Waals surface area (Å²) in [6, 6.07) is 10.1. The van der Waals surface area contributed by atoms with Crippen LogP contribution in [-0.4, -0.2) is 50.7 Å². The average molecular weight is 424 g/mol. The van der Waals surface area contributed by atoms with E-state index in [9.17, 15) is 4.79 Å². The number of hydrogen-bond acceptors (Lipinski definition) is 6. The van der Waals surface area contributed by atoms with Gasteiger partial charge in [0.25, 0.3) is 0 Å². The second-order valence-corrected chi connectivity index (χ2v) is 8.32. The van der Waals surface area contributed by atoms with Crippen molar-refractivity contribution in [3.8, 4) is 17.1 Å². The molecule has 1 atom stereocenters. The maximum absolute atomic E-state index is 12.3. The summed E-state index contributed by atoms with van der Waals surface area (Å²) in [5.41, 5.74) is 4.30. The first-order chi connectivity index (χ1) is 14.6. The van der Waals surface area contributed by atoms with Crippen LogP contribution < -0.4 is 5.32 Å². The zero-order valence-corrected chi connectivity index (χ0v) is 18.0. The minimum atomic E-state index is -0.0319. The minimum Gasteiger partial charge on any atom is -0.376 e. The molecule has 1 aliphatic rings. The van der Waals surface area contributed by atoms with Crippen LogP contribution in [0.2, 0.25) is 0 Å². The Bertz CT molecular complexity index is 1020. The van der Waals surface area contributed by atoms with E-state index >= 15 is 0 Å². The first-order valence-electron chi connectivity index (χ1n) is 10.1. The van der Waals surface area contributed by atoms with Crippen molar-refractivity contribution < 1.29 is 9.53 Å². The number of amides is 1. The van der Waals surface area contributed by atoms with Gasteiger partial charge in [0.1, 0.15) is 0 Å². The van der Waals surface area contributed by atoms with Crippen molar-refractivity contribution in [2.24, 2.45) is 0 Å². The van der Waals surface area contributed by atoms with Gasteiger partial charge in [-0.25, -0.2) is 0 Å². The molecule has 1 aliphatic heterocycles. The molecular weight excluding hydrogens is 398 g/mol. The molecule has 1 fully saturated rings. The van der Waals surface area contributed by atoms with Crippen molar-refractivity contribution in [3.63, 3.8) is 0 Å². The Kier molecular flexibility index (Phi) is 6.44. The first-order valence-corrected chi connectivity index (χ1v) is 11.0. The van der Waals surface area contributed by atoms with Crippen LogP contribution in [0.15, 0.2) is 47.9 Å².